The zero-order chi connectivity index (χ0) is 5.28. The summed E-state index contributed by atoms with van der Waals surface area (Å²) in [6, 6.07) is 0. The maximum absolute atomic E-state index is 2.33. The van der Waals surface area contributed by atoms with Crippen LogP contribution in [0, 0.1) is 12.3 Å². The van der Waals surface area contributed by atoms with Gasteiger partial charge in [0.15, 0.2) is 0 Å². The van der Waals surface area contributed by atoms with Crippen molar-refractivity contribution in [1.29, 1.82) is 0 Å². The molecule has 0 aromatic carbocycles. The summed E-state index contributed by atoms with van der Waals surface area (Å²) < 4.78 is 0. The molecule has 1 atom stereocenters. The molecule has 1 aliphatic carbocycles. The number of rotatable bonds is 1. The molecule has 7 heavy (non-hydrogen) atoms. The molecule has 0 bridgehead atoms. The first-order chi connectivity index (χ1) is 3.34. The smallest absolute Gasteiger partial charge is 0.0172 e. The van der Waals surface area contributed by atoms with E-state index in [0.717, 1.165) is 5.92 Å². The summed E-state index contributed by atoms with van der Waals surface area (Å²) in [5.41, 5.74) is 1.53. The first-order valence-electron chi connectivity index (χ1n) is 2.80. The summed E-state index contributed by atoms with van der Waals surface area (Å²) in [7, 11) is 0. The SMILES string of the molecule is CC=C(C)C1[CH]C1. The molecule has 0 aromatic heterocycles. The Morgan fingerprint density at radius 1 is 1.86 bits per heavy atom. The van der Waals surface area contributed by atoms with E-state index in [4.69, 9.17) is 0 Å². The highest BCUT2D eigenvalue weighted by atomic mass is 14.3. The Hall–Kier alpha value is -0.260. The first-order valence-corrected chi connectivity index (χ1v) is 2.80. The highest BCUT2D eigenvalue weighted by molar-refractivity contribution is 5.17. The molecule has 0 nitrogen and oxygen atoms in total. The fourth-order valence-electron chi connectivity index (χ4n) is 0.654. The van der Waals surface area contributed by atoms with E-state index in [1.807, 2.05) is 0 Å². The zero-order valence-electron chi connectivity index (χ0n) is 4.94. The first kappa shape index (κ1) is 4.89. The van der Waals surface area contributed by atoms with Gasteiger partial charge in [0.1, 0.15) is 0 Å². The van der Waals surface area contributed by atoms with E-state index >= 15 is 0 Å². The Morgan fingerprint density at radius 2 is 2.43 bits per heavy atom. The Balaban J connectivity index is 2.37. The van der Waals surface area contributed by atoms with Crippen molar-refractivity contribution in [1.82, 2.24) is 0 Å². The van der Waals surface area contributed by atoms with Crippen molar-refractivity contribution < 1.29 is 0 Å². The van der Waals surface area contributed by atoms with Crippen LogP contribution in [-0.4, -0.2) is 0 Å². The fraction of sp³-hybridized carbons (Fsp3) is 0.571. The van der Waals surface area contributed by atoms with Crippen LogP contribution in [0.4, 0.5) is 0 Å². The minimum absolute atomic E-state index is 0.852. The van der Waals surface area contributed by atoms with E-state index in [0.29, 0.717) is 0 Å². The van der Waals surface area contributed by atoms with E-state index in [9.17, 15) is 0 Å². The Kier molecular flexibility index (Phi) is 1.18. The van der Waals surface area contributed by atoms with Crippen LogP contribution in [0.25, 0.3) is 0 Å². The largest absolute Gasteiger partial charge is 0.0884 e. The van der Waals surface area contributed by atoms with Crippen molar-refractivity contribution in [3.05, 3.63) is 18.1 Å². The van der Waals surface area contributed by atoms with Gasteiger partial charge in [0.2, 0.25) is 0 Å². The van der Waals surface area contributed by atoms with Gasteiger partial charge in [-0.25, -0.2) is 0 Å². The lowest BCUT2D eigenvalue weighted by Crippen LogP contribution is -1.73. The van der Waals surface area contributed by atoms with Crippen LogP contribution in [0.2, 0.25) is 0 Å². The van der Waals surface area contributed by atoms with Crippen LogP contribution in [-0.2, 0) is 0 Å². The monoisotopic (exact) mass is 95.1 g/mol. The quantitative estimate of drug-likeness (QED) is 0.438. The summed E-state index contributed by atoms with van der Waals surface area (Å²) in [6.45, 7) is 4.29. The third kappa shape index (κ3) is 1.05. The summed E-state index contributed by atoms with van der Waals surface area (Å²) in [5.74, 6) is 0.852. The van der Waals surface area contributed by atoms with Gasteiger partial charge in [0, 0.05) is 0 Å². The lowest BCUT2D eigenvalue weighted by molar-refractivity contribution is 1.03. The molecule has 1 saturated carbocycles. The maximum Gasteiger partial charge on any atom is -0.0172 e. The summed E-state index contributed by atoms with van der Waals surface area (Å²) in [4.78, 5) is 0. The number of hydrogen-bond donors (Lipinski definition) is 0. The average molecular weight is 95.2 g/mol. The topological polar surface area (TPSA) is 0 Å². The molecule has 1 aliphatic rings. The molecule has 0 aromatic rings. The standard InChI is InChI=1S/C7H11/c1-3-6(2)7-4-5-7/h3-4,7H,5H2,1-2H3. The summed E-state index contributed by atoms with van der Waals surface area (Å²) >= 11 is 0. The molecule has 0 N–H and O–H groups in total. The number of allylic oxidation sites excluding steroid dienone is 2. The van der Waals surface area contributed by atoms with Crippen LogP contribution in [0.3, 0.4) is 0 Å². The molecule has 0 amide bonds. The van der Waals surface area contributed by atoms with Crippen LogP contribution >= 0.6 is 0 Å². The number of hydrogen-bond acceptors (Lipinski definition) is 0. The van der Waals surface area contributed by atoms with Crippen molar-refractivity contribution in [3.63, 3.8) is 0 Å². The molecule has 0 aliphatic heterocycles. The van der Waals surface area contributed by atoms with Crippen LogP contribution in [0.1, 0.15) is 20.3 Å². The van der Waals surface area contributed by atoms with Gasteiger partial charge < -0.3 is 0 Å². The van der Waals surface area contributed by atoms with Crippen LogP contribution in [0.15, 0.2) is 11.6 Å². The van der Waals surface area contributed by atoms with Gasteiger partial charge in [-0.15, -0.1) is 0 Å². The van der Waals surface area contributed by atoms with E-state index in [1.165, 1.54) is 12.0 Å². The third-order valence-electron chi connectivity index (χ3n) is 1.51. The normalized spacial score (nSPS) is 22.9. The predicted molar refractivity (Wildman–Crippen MR) is 31.8 cm³/mol. The molecule has 0 heterocycles. The van der Waals surface area contributed by atoms with Gasteiger partial charge >= 0.3 is 0 Å². The zero-order valence-corrected chi connectivity index (χ0v) is 4.94. The molecular formula is C7H11. The molecule has 0 heteroatoms. The van der Waals surface area contributed by atoms with E-state index in [-0.39, 0.29) is 0 Å². The molecule has 1 rings (SSSR count). The highest BCUT2D eigenvalue weighted by Gasteiger charge is 2.22. The minimum Gasteiger partial charge on any atom is -0.0884 e. The van der Waals surface area contributed by atoms with E-state index in [2.05, 4.69) is 26.3 Å². The van der Waals surface area contributed by atoms with Gasteiger partial charge in [-0.2, -0.15) is 0 Å². The summed E-state index contributed by atoms with van der Waals surface area (Å²) in [6.07, 6.45) is 5.83. The van der Waals surface area contributed by atoms with Crippen molar-refractivity contribution in [3.8, 4) is 0 Å². The molecular weight excluding hydrogens is 84.1 g/mol. The van der Waals surface area contributed by atoms with Crippen LogP contribution < -0.4 is 0 Å². The molecule has 1 unspecified atom stereocenters. The fourth-order valence-corrected chi connectivity index (χ4v) is 0.654. The third-order valence-corrected chi connectivity index (χ3v) is 1.51. The second-order valence-corrected chi connectivity index (χ2v) is 2.11. The van der Waals surface area contributed by atoms with Crippen molar-refractivity contribution in [2.75, 3.05) is 0 Å². The van der Waals surface area contributed by atoms with Crippen molar-refractivity contribution in [2.24, 2.45) is 5.92 Å². The molecule has 1 fully saturated rings. The lowest BCUT2D eigenvalue weighted by atomic mass is 10.2. The molecule has 1 radical (unpaired) electrons. The van der Waals surface area contributed by atoms with Crippen molar-refractivity contribution in [2.45, 2.75) is 20.3 Å². The molecule has 0 saturated heterocycles. The predicted octanol–water partition coefficient (Wildman–Crippen LogP) is 2.18. The second kappa shape index (κ2) is 1.69. The lowest BCUT2D eigenvalue weighted by Gasteiger charge is -1.88. The van der Waals surface area contributed by atoms with Gasteiger partial charge in [-0.05, 0) is 32.6 Å². The Labute approximate surface area is 45.2 Å². The van der Waals surface area contributed by atoms with E-state index in [1.54, 1.807) is 0 Å². The van der Waals surface area contributed by atoms with Crippen LogP contribution in [0.5, 0.6) is 0 Å². The summed E-state index contributed by atoms with van der Waals surface area (Å²) in [5, 5.41) is 0. The minimum atomic E-state index is 0.852. The molecule has 39 valence electrons. The average Bonchev–Trinajstić information content (AvgIpc) is 2.44. The maximum atomic E-state index is 2.33. The Morgan fingerprint density at radius 3 is 2.57 bits per heavy atom. The Bertz CT molecular complexity index is 86.2. The van der Waals surface area contributed by atoms with Gasteiger partial charge in [0.05, 0.1) is 0 Å². The van der Waals surface area contributed by atoms with Gasteiger partial charge in [-0.1, -0.05) is 11.6 Å². The van der Waals surface area contributed by atoms with Crippen molar-refractivity contribution >= 4 is 0 Å². The molecule has 0 spiro atoms. The highest BCUT2D eigenvalue weighted by Crippen LogP contribution is 2.34. The van der Waals surface area contributed by atoms with E-state index < -0.39 is 0 Å². The van der Waals surface area contributed by atoms with Gasteiger partial charge in [0.25, 0.3) is 0 Å². The van der Waals surface area contributed by atoms with Gasteiger partial charge in [-0.3, -0.25) is 0 Å². The second-order valence-electron chi connectivity index (χ2n) is 2.11.